The number of hydrogen-bond acceptors (Lipinski definition) is 2. The maximum absolute atomic E-state index is 2.39. The maximum atomic E-state index is 2.39. The summed E-state index contributed by atoms with van der Waals surface area (Å²) in [6, 6.07) is 88.1. The van der Waals surface area contributed by atoms with E-state index in [1.807, 2.05) is 0 Å². The lowest BCUT2D eigenvalue weighted by Gasteiger charge is -2.28. The lowest BCUT2D eigenvalue weighted by molar-refractivity contribution is 1.29. The summed E-state index contributed by atoms with van der Waals surface area (Å²) in [5, 5.41) is 9.76. The van der Waals surface area contributed by atoms with Crippen molar-refractivity contribution in [2.75, 3.05) is 9.80 Å². The number of fused-ring (bicyclic) bond motifs is 4. The first kappa shape index (κ1) is 35.2. The quantitative estimate of drug-likeness (QED) is 0.152. The summed E-state index contributed by atoms with van der Waals surface area (Å²) in [4.78, 5) is 4.76. The van der Waals surface area contributed by atoms with E-state index in [4.69, 9.17) is 0 Å². The van der Waals surface area contributed by atoms with E-state index in [1.165, 1.54) is 59.8 Å². The van der Waals surface area contributed by atoms with Crippen LogP contribution in [0.5, 0.6) is 0 Å². The summed E-state index contributed by atoms with van der Waals surface area (Å²) in [6.45, 7) is 0. The van der Waals surface area contributed by atoms with Crippen molar-refractivity contribution in [2.45, 2.75) is 0 Å². The Hall–Kier alpha value is -7.94. The molecule has 2 nitrogen and oxygen atoms in total. The zero-order chi connectivity index (χ0) is 39.8. The zero-order valence-electron chi connectivity index (χ0n) is 33.0. The predicted octanol–water partition coefficient (Wildman–Crippen LogP) is 16.6. The molecule has 0 heterocycles. The fourth-order valence-corrected chi connectivity index (χ4v) is 8.73. The van der Waals surface area contributed by atoms with Crippen LogP contribution in [0.3, 0.4) is 0 Å². The maximum Gasteiger partial charge on any atom is 0.0468 e. The SMILES string of the molecule is c1ccc(-c2cc(N(c3ccc4ccccc4c3)c3ccc4ccccc4c3)ccc2-c2ccc(N(c3ccc4ccccc4c3)c3ccc4ccccc4c3)cc2)cc1. The third-order valence-electron chi connectivity index (χ3n) is 11.7. The van der Waals surface area contributed by atoms with Crippen molar-refractivity contribution in [1.29, 1.82) is 0 Å². The van der Waals surface area contributed by atoms with Gasteiger partial charge in [0.15, 0.2) is 0 Å². The van der Waals surface area contributed by atoms with Crippen LogP contribution in [-0.2, 0) is 0 Å². The second-order valence-electron chi connectivity index (χ2n) is 15.4. The van der Waals surface area contributed by atoms with Gasteiger partial charge in [-0.2, -0.15) is 0 Å². The normalized spacial score (nSPS) is 11.3. The lowest BCUT2D eigenvalue weighted by Crippen LogP contribution is -2.10. The minimum Gasteiger partial charge on any atom is -0.310 e. The molecule has 0 N–H and O–H groups in total. The highest BCUT2D eigenvalue weighted by Gasteiger charge is 2.19. The summed E-state index contributed by atoms with van der Waals surface area (Å²) < 4.78 is 0. The van der Waals surface area contributed by atoms with E-state index in [2.05, 4.69) is 252 Å². The van der Waals surface area contributed by atoms with Gasteiger partial charge in [0.05, 0.1) is 0 Å². The Balaban J connectivity index is 1.04. The highest BCUT2D eigenvalue weighted by atomic mass is 15.1. The first-order valence-corrected chi connectivity index (χ1v) is 20.6. The molecule has 11 aromatic rings. The Kier molecular flexibility index (Phi) is 8.87. The average Bonchev–Trinajstić information content (AvgIpc) is 3.32. The van der Waals surface area contributed by atoms with Gasteiger partial charge >= 0.3 is 0 Å². The Morgan fingerprint density at radius 3 is 0.900 bits per heavy atom. The molecule has 0 aliphatic heterocycles. The number of hydrogen-bond donors (Lipinski definition) is 0. The Morgan fingerprint density at radius 1 is 0.183 bits per heavy atom. The van der Waals surface area contributed by atoms with Gasteiger partial charge in [0.1, 0.15) is 0 Å². The predicted molar refractivity (Wildman–Crippen MR) is 257 cm³/mol. The van der Waals surface area contributed by atoms with E-state index >= 15 is 0 Å². The molecule has 0 radical (unpaired) electrons. The van der Waals surface area contributed by atoms with Crippen molar-refractivity contribution in [3.63, 3.8) is 0 Å². The highest BCUT2D eigenvalue weighted by Crippen LogP contribution is 2.43. The second kappa shape index (κ2) is 15.1. The highest BCUT2D eigenvalue weighted by molar-refractivity contribution is 5.96. The molecule has 0 aliphatic carbocycles. The fraction of sp³-hybridized carbons (Fsp3) is 0. The van der Waals surface area contributed by atoms with Crippen molar-refractivity contribution >= 4 is 77.2 Å². The molecule has 60 heavy (non-hydrogen) atoms. The minimum atomic E-state index is 1.10. The molecule has 0 unspecified atom stereocenters. The lowest BCUT2D eigenvalue weighted by atomic mass is 9.93. The molecule has 11 aromatic carbocycles. The van der Waals surface area contributed by atoms with E-state index < -0.39 is 0 Å². The van der Waals surface area contributed by atoms with Crippen LogP contribution in [0.15, 0.2) is 243 Å². The molecule has 0 spiro atoms. The van der Waals surface area contributed by atoms with Crippen LogP contribution in [0.25, 0.3) is 65.3 Å². The third kappa shape index (κ3) is 6.61. The van der Waals surface area contributed by atoms with Crippen molar-refractivity contribution < 1.29 is 0 Å². The molecule has 11 rings (SSSR count). The summed E-state index contributed by atoms with van der Waals surface area (Å²) >= 11 is 0. The molecular formula is C58H40N2. The standard InChI is InChI=1S/C58H40N2/c1-2-16-45(17-3-1)58-40-56(60(54-32-24-43-14-6-10-20-49(43)38-54)55-33-25-44-15-7-11-21-50(44)39-55)34-35-57(58)46-26-28-51(29-27-46)59(52-30-22-41-12-4-8-18-47(41)36-52)53-31-23-42-13-5-9-19-48(42)37-53/h1-40H. The molecule has 2 heteroatoms. The van der Waals surface area contributed by atoms with E-state index in [9.17, 15) is 0 Å². The van der Waals surface area contributed by atoms with Gasteiger partial charge in [-0.05, 0) is 138 Å². The number of nitrogens with zero attached hydrogens (tertiary/aromatic N) is 2. The molecule has 0 saturated heterocycles. The molecular weight excluding hydrogens is 725 g/mol. The van der Waals surface area contributed by atoms with E-state index in [0.29, 0.717) is 0 Å². The van der Waals surface area contributed by atoms with Gasteiger partial charge in [-0.1, -0.05) is 170 Å². The second-order valence-corrected chi connectivity index (χ2v) is 15.4. The number of anilines is 6. The number of rotatable bonds is 8. The van der Waals surface area contributed by atoms with Gasteiger partial charge < -0.3 is 9.80 Å². The molecule has 0 saturated carbocycles. The van der Waals surface area contributed by atoms with Crippen molar-refractivity contribution in [3.05, 3.63) is 243 Å². The monoisotopic (exact) mass is 764 g/mol. The van der Waals surface area contributed by atoms with Crippen molar-refractivity contribution in [1.82, 2.24) is 0 Å². The van der Waals surface area contributed by atoms with Crippen molar-refractivity contribution in [2.24, 2.45) is 0 Å². The molecule has 0 atom stereocenters. The summed E-state index contributed by atoms with van der Waals surface area (Å²) in [5.74, 6) is 0. The first-order valence-electron chi connectivity index (χ1n) is 20.6. The van der Waals surface area contributed by atoms with E-state index in [0.717, 1.165) is 39.7 Å². The molecule has 282 valence electrons. The average molecular weight is 765 g/mol. The van der Waals surface area contributed by atoms with Crippen LogP contribution < -0.4 is 9.80 Å². The Bertz CT molecular complexity index is 3170. The van der Waals surface area contributed by atoms with Gasteiger partial charge in [0, 0.05) is 34.1 Å². The minimum absolute atomic E-state index is 1.10. The van der Waals surface area contributed by atoms with Gasteiger partial charge in [-0.15, -0.1) is 0 Å². The van der Waals surface area contributed by atoms with E-state index in [-0.39, 0.29) is 0 Å². The topological polar surface area (TPSA) is 6.48 Å². The van der Waals surface area contributed by atoms with Gasteiger partial charge in [-0.25, -0.2) is 0 Å². The van der Waals surface area contributed by atoms with Crippen LogP contribution in [0.2, 0.25) is 0 Å². The smallest absolute Gasteiger partial charge is 0.0468 e. The molecule has 0 bridgehead atoms. The summed E-state index contributed by atoms with van der Waals surface area (Å²) in [5.41, 5.74) is 11.3. The summed E-state index contributed by atoms with van der Waals surface area (Å²) in [6.07, 6.45) is 0. The van der Waals surface area contributed by atoms with Crippen molar-refractivity contribution in [3.8, 4) is 22.3 Å². The number of benzene rings is 11. The Labute approximate surface area is 350 Å². The first-order chi connectivity index (χ1) is 29.7. The van der Waals surface area contributed by atoms with Crippen LogP contribution in [0.4, 0.5) is 34.1 Å². The molecule has 0 aliphatic rings. The molecule has 0 fully saturated rings. The third-order valence-corrected chi connectivity index (χ3v) is 11.7. The van der Waals surface area contributed by atoms with Gasteiger partial charge in [0.25, 0.3) is 0 Å². The largest absolute Gasteiger partial charge is 0.310 e. The fourth-order valence-electron chi connectivity index (χ4n) is 8.73. The van der Waals surface area contributed by atoms with E-state index in [1.54, 1.807) is 0 Å². The van der Waals surface area contributed by atoms with Crippen LogP contribution in [0.1, 0.15) is 0 Å². The van der Waals surface area contributed by atoms with Crippen LogP contribution in [-0.4, -0.2) is 0 Å². The van der Waals surface area contributed by atoms with Gasteiger partial charge in [-0.3, -0.25) is 0 Å². The Morgan fingerprint density at radius 2 is 0.483 bits per heavy atom. The van der Waals surface area contributed by atoms with Gasteiger partial charge in [0.2, 0.25) is 0 Å². The molecule has 0 amide bonds. The summed E-state index contributed by atoms with van der Waals surface area (Å²) in [7, 11) is 0. The zero-order valence-corrected chi connectivity index (χ0v) is 33.0. The molecule has 0 aromatic heterocycles. The van der Waals surface area contributed by atoms with Crippen LogP contribution >= 0.6 is 0 Å². The van der Waals surface area contributed by atoms with Crippen LogP contribution in [0, 0.1) is 0 Å².